The standard InChI is InChI=1S/C12H12BrNO2/c13-11-8-9(4-5-10(11)12(15)16)14-6-2-1-3-7-14/h1-2,4-5,8H,3,6-7H2,(H,15,16). The molecule has 1 aliphatic heterocycles. The topological polar surface area (TPSA) is 40.5 Å². The number of halogens is 1. The molecule has 0 atom stereocenters. The summed E-state index contributed by atoms with van der Waals surface area (Å²) < 4.78 is 0.632. The second kappa shape index (κ2) is 4.70. The second-order valence-electron chi connectivity index (χ2n) is 3.68. The van der Waals surface area contributed by atoms with Crippen LogP contribution in [0.4, 0.5) is 5.69 Å². The third-order valence-corrected chi connectivity index (χ3v) is 3.26. The normalized spacial score (nSPS) is 15.2. The van der Waals surface area contributed by atoms with Crippen LogP contribution in [-0.2, 0) is 0 Å². The highest BCUT2D eigenvalue weighted by Crippen LogP contribution is 2.25. The van der Waals surface area contributed by atoms with Crippen LogP contribution in [0.15, 0.2) is 34.8 Å². The number of anilines is 1. The van der Waals surface area contributed by atoms with Gasteiger partial charge in [0.2, 0.25) is 0 Å². The van der Waals surface area contributed by atoms with Gasteiger partial charge in [-0.1, -0.05) is 12.2 Å². The highest BCUT2D eigenvalue weighted by Gasteiger charge is 2.12. The lowest BCUT2D eigenvalue weighted by molar-refractivity contribution is 0.0696. The summed E-state index contributed by atoms with van der Waals surface area (Å²) in [7, 11) is 0. The van der Waals surface area contributed by atoms with Crippen LogP contribution in [0, 0.1) is 0 Å². The van der Waals surface area contributed by atoms with Crippen LogP contribution in [0.3, 0.4) is 0 Å². The predicted octanol–water partition coefficient (Wildman–Crippen LogP) is 2.91. The summed E-state index contributed by atoms with van der Waals surface area (Å²) in [6.07, 6.45) is 5.33. The Balaban J connectivity index is 2.26. The Morgan fingerprint density at radius 1 is 1.38 bits per heavy atom. The van der Waals surface area contributed by atoms with E-state index in [1.165, 1.54) is 0 Å². The monoisotopic (exact) mass is 281 g/mol. The van der Waals surface area contributed by atoms with Crippen LogP contribution in [0.2, 0.25) is 0 Å². The van der Waals surface area contributed by atoms with Gasteiger partial charge in [-0.05, 0) is 40.5 Å². The van der Waals surface area contributed by atoms with Crippen LogP contribution in [-0.4, -0.2) is 24.2 Å². The maximum absolute atomic E-state index is 10.9. The number of carboxylic acids is 1. The zero-order valence-electron chi connectivity index (χ0n) is 8.69. The molecule has 0 saturated heterocycles. The van der Waals surface area contributed by atoms with E-state index in [0.29, 0.717) is 10.0 Å². The molecule has 1 aliphatic rings. The molecule has 4 heteroatoms. The molecule has 0 fully saturated rings. The van der Waals surface area contributed by atoms with Gasteiger partial charge in [0.25, 0.3) is 0 Å². The van der Waals surface area contributed by atoms with E-state index in [9.17, 15) is 4.79 Å². The third-order valence-electron chi connectivity index (χ3n) is 2.61. The van der Waals surface area contributed by atoms with E-state index < -0.39 is 5.97 Å². The van der Waals surface area contributed by atoms with Crippen molar-refractivity contribution in [2.75, 3.05) is 18.0 Å². The lowest BCUT2D eigenvalue weighted by atomic mass is 10.1. The van der Waals surface area contributed by atoms with E-state index in [4.69, 9.17) is 5.11 Å². The van der Waals surface area contributed by atoms with Gasteiger partial charge < -0.3 is 10.0 Å². The molecule has 3 nitrogen and oxygen atoms in total. The number of benzene rings is 1. The molecular weight excluding hydrogens is 270 g/mol. The van der Waals surface area contributed by atoms with Gasteiger partial charge in [0, 0.05) is 23.2 Å². The van der Waals surface area contributed by atoms with Crippen molar-refractivity contribution in [1.29, 1.82) is 0 Å². The first-order chi connectivity index (χ1) is 7.68. The van der Waals surface area contributed by atoms with Gasteiger partial charge >= 0.3 is 5.97 Å². The van der Waals surface area contributed by atoms with E-state index in [1.54, 1.807) is 6.07 Å². The van der Waals surface area contributed by atoms with Crippen molar-refractivity contribution in [2.45, 2.75) is 6.42 Å². The largest absolute Gasteiger partial charge is 0.478 e. The van der Waals surface area contributed by atoms with Crippen LogP contribution >= 0.6 is 15.9 Å². The smallest absolute Gasteiger partial charge is 0.336 e. The Morgan fingerprint density at radius 3 is 2.75 bits per heavy atom. The number of aromatic carboxylic acids is 1. The number of rotatable bonds is 2. The molecule has 0 aliphatic carbocycles. The summed E-state index contributed by atoms with van der Waals surface area (Å²) in [6.45, 7) is 1.87. The fraction of sp³-hybridized carbons (Fsp3) is 0.250. The van der Waals surface area contributed by atoms with Crippen molar-refractivity contribution in [3.63, 3.8) is 0 Å². The van der Waals surface area contributed by atoms with Crippen LogP contribution in [0.5, 0.6) is 0 Å². The minimum absolute atomic E-state index is 0.302. The molecule has 0 unspecified atom stereocenters. The molecular formula is C12H12BrNO2. The van der Waals surface area contributed by atoms with Gasteiger partial charge in [-0.25, -0.2) is 4.79 Å². The molecule has 0 radical (unpaired) electrons. The van der Waals surface area contributed by atoms with Crippen molar-refractivity contribution >= 4 is 27.6 Å². The summed E-state index contributed by atoms with van der Waals surface area (Å²) in [5, 5.41) is 8.91. The molecule has 16 heavy (non-hydrogen) atoms. The zero-order chi connectivity index (χ0) is 11.5. The van der Waals surface area contributed by atoms with Gasteiger partial charge in [-0.2, -0.15) is 0 Å². The number of carboxylic acid groups (broad SMARTS) is 1. The first-order valence-corrected chi connectivity index (χ1v) is 5.90. The van der Waals surface area contributed by atoms with Gasteiger partial charge in [0.05, 0.1) is 5.56 Å². The lowest BCUT2D eigenvalue weighted by Crippen LogP contribution is -2.26. The Kier molecular flexibility index (Phi) is 3.29. The highest BCUT2D eigenvalue weighted by atomic mass is 79.9. The van der Waals surface area contributed by atoms with E-state index >= 15 is 0 Å². The molecule has 0 spiro atoms. The minimum atomic E-state index is -0.906. The van der Waals surface area contributed by atoms with Gasteiger partial charge in [0.1, 0.15) is 0 Å². The Hall–Kier alpha value is -1.29. The summed E-state index contributed by atoms with van der Waals surface area (Å²) in [4.78, 5) is 13.1. The summed E-state index contributed by atoms with van der Waals surface area (Å²) in [5.41, 5.74) is 1.36. The molecule has 0 bridgehead atoms. The van der Waals surface area contributed by atoms with Gasteiger partial charge in [-0.15, -0.1) is 0 Å². The molecule has 0 amide bonds. The molecule has 84 valence electrons. The molecule has 0 saturated carbocycles. The molecule has 1 heterocycles. The van der Waals surface area contributed by atoms with Crippen molar-refractivity contribution in [3.8, 4) is 0 Å². The van der Waals surface area contributed by atoms with E-state index in [0.717, 1.165) is 25.2 Å². The van der Waals surface area contributed by atoms with Crippen LogP contribution < -0.4 is 4.90 Å². The van der Waals surface area contributed by atoms with Gasteiger partial charge in [-0.3, -0.25) is 0 Å². The Labute approximate surface area is 103 Å². The summed E-state index contributed by atoms with van der Waals surface area (Å²) in [6, 6.07) is 5.36. The zero-order valence-corrected chi connectivity index (χ0v) is 10.3. The molecule has 1 aromatic rings. The minimum Gasteiger partial charge on any atom is -0.478 e. The van der Waals surface area contributed by atoms with Crippen molar-refractivity contribution in [1.82, 2.24) is 0 Å². The average molecular weight is 282 g/mol. The number of nitrogens with zero attached hydrogens (tertiary/aromatic N) is 1. The third kappa shape index (κ3) is 2.27. The molecule has 0 aromatic heterocycles. The van der Waals surface area contributed by atoms with E-state index in [-0.39, 0.29) is 0 Å². The quantitative estimate of drug-likeness (QED) is 0.848. The van der Waals surface area contributed by atoms with Gasteiger partial charge in [0.15, 0.2) is 0 Å². The average Bonchev–Trinajstić information content (AvgIpc) is 2.29. The Bertz CT molecular complexity index is 443. The highest BCUT2D eigenvalue weighted by molar-refractivity contribution is 9.10. The van der Waals surface area contributed by atoms with Crippen LogP contribution in [0.1, 0.15) is 16.8 Å². The number of hydrogen-bond acceptors (Lipinski definition) is 2. The fourth-order valence-electron chi connectivity index (χ4n) is 1.75. The number of hydrogen-bond donors (Lipinski definition) is 1. The van der Waals surface area contributed by atoms with E-state index in [2.05, 4.69) is 33.0 Å². The first-order valence-electron chi connectivity index (χ1n) is 5.11. The molecule has 1 N–H and O–H groups in total. The SMILES string of the molecule is O=C(O)c1ccc(N2CC=CCC2)cc1Br. The molecule has 1 aromatic carbocycles. The molecule has 2 rings (SSSR count). The predicted molar refractivity (Wildman–Crippen MR) is 67.1 cm³/mol. The van der Waals surface area contributed by atoms with E-state index in [1.807, 2.05) is 12.1 Å². The van der Waals surface area contributed by atoms with Crippen LogP contribution in [0.25, 0.3) is 0 Å². The maximum Gasteiger partial charge on any atom is 0.336 e. The first kappa shape index (κ1) is 11.2. The lowest BCUT2D eigenvalue weighted by Gasteiger charge is -2.25. The summed E-state index contributed by atoms with van der Waals surface area (Å²) >= 11 is 3.29. The van der Waals surface area contributed by atoms with Crippen molar-refractivity contribution in [3.05, 3.63) is 40.4 Å². The van der Waals surface area contributed by atoms with Crippen molar-refractivity contribution < 1.29 is 9.90 Å². The fourth-order valence-corrected chi connectivity index (χ4v) is 2.29. The summed E-state index contributed by atoms with van der Waals surface area (Å²) in [5.74, 6) is -0.906. The Morgan fingerprint density at radius 2 is 2.19 bits per heavy atom. The van der Waals surface area contributed by atoms with Crippen molar-refractivity contribution in [2.24, 2.45) is 0 Å². The number of carbonyl (C=O) groups is 1. The second-order valence-corrected chi connectivity index (χ2v) is 4.53. The maximum atomic E-state index is 10.9.